The molecule has 1 saturated carbocycles. The Morgan fingerprint density at radius 2 is 2.20 bits per heavy atom. The summed E-state index contributed by atoms with van der Waals surface area (Å²) >= 11 is 5.97. The molecule has 1 fully saturated rings. The van der Waals surface area contributed by atoms with Gasteiger partial charge in [-0.3, -0.25) is 0 Å². The van der Waals surface area contributed by atoms with Crippen LogP contribution in [0.25, 0.3) is 0 Å². The van der Waals surface area contributed by atoms with Crippen LogP contribution in [0, 0.1) is 11.7 Å². The van der Waals surface area contributed by atoms with E-state index in [9.17, 15) is 9.18 Å². The van der Waals surface area contributed by atoms with Crippen LogP contribution in [0.1, 0.15) is 30.7 Å². The van der Waals surface area contributed by atoms with Crippen molar-refractivity contribution in [3.63, 3.8) is 0 Å². The predicted octanol–water partition coefficient (Wildman–Crippen LogP) is 3.56. The molecule has 0 amide bonds. The van der Waals surface area contributed by atoms with Crippen molar-refractivity contribution >= 4 is 17.9 Å². The van der Waals surface area contributed by atoms with E-state index in [0.29, 0.717) is 10.9 Å². The maximum absolute atomic E-state index is 12.8. The van der Waals surface area contributed by atoms with Gasteiger partial charge in [-0.1, -0.05) is 17.7 Å². The van der Waals surface area contributed by atoms with Crippen molar-refractivity contribution < 1.29 is 9.18 Å². The van der Waals surface area contributed by atoms with Crippen LogP contribution in [0.5, 0.6) is 0 Å². The first-order valence-electron chi connectivity index (χ1n) is 5.11. The second kappa shape index (κ2) is 4.31. The fourth-order valence-corrected chi connectivity index (χ4v) is 2.58. The van der Waals surface area contributed by atoms with Gasteiger partial charge in [-0.05, 0) is 42.9 Å². The van der Waals surface area contributed by atoms with E-state index in [1.807, 2.05) is 0 Å². The quantitative estimate of drug-likeness (QED) is 0.705. The molecule has 0 aromatic heterocycles. The Morgan fingerprint density at radius 3 is 2.80 bits per heavy atom. The lowest BCUT2D eigenvalue weighted by molar-refractivity contribution is -0.110. The molecule has 0 N–H and O–H groups in total. The number of halogens is 2. The lowest BCUT2D eigenvalue weighted by atomic mass is 9.96. The van der Waals surface area contributed by atoms with Gasteiger partial charge in [-0.2, -0.15) is 0 Å². The molecule has 1 nitrogen and oxygen atoms in total. The first kappa shape index (κ1) is 10.6. The molecule has 0 radical (unpaired) electrons. The highest BCUT2D eigenvalue weighted by atomic mass is 35.5. The number of carbonyl (C=O) groups excluding carboxylic acids is 1. The van der Waals surface area contributed by atoms with E-state index in [-0.39, 0.29) is 11.7 Å². The lowest BCUT2D eigenvalue weighted by Gasteiger charge is -2.11. The standard InChI is InChI=1S/C12H12ClFO/c13-12-6-10(14)3-4-11(12)9-2-1-8(5-9)7-15/h3-4,6-9H,1-2,5H2. The summed E-state index contributed by atoms with van der Waals surface area (Å²) in [5.41, 5.74) is 0.974. The van der Waals surface area contributed by atoms with Crippen molar-refractivity contribution in [2.75, 3.05) is 0 Å². The highest BCUT2D eigenvalue weighted by molar-refractivity contribution is 6.31. The number of aldehydes is 1. The summed E-state index contributed by atoms with van der Waals surface area (Å²) in [5.74, 6) is 0.151. The zero-order valence-electron chi connectivity index (χ0n) is 8.25. The summed E-state index contributed by atoms with van der Waals surface area (Å²) in [5, 5.41) is 0.478. The normalized spacial score (nSPS) is 25.5. The molecule has 1 aromatic carbocycles. The third-order valence-corrected chi connectivity index (χ3v) is 3.40. The van der Waals surface area contributed by atoms with Crippen molar-refractivity contribution in [1.82, 2.24) is 0 Å². The molecule has 0 spiro atoms. The molecule has 80 valence electrons. The minimum Gasteiger partial charge on any atom is -0.303 e. The van der Waals surface area contributed by atoms with Crippen LogP contribution in [0.3, 0.4) is 0 Å². The molecule has 2 atom stereocenters. The average molecular weight is 227 g/mol. The fourth-order valence-electron chi connectivity index (χ4n) is 2.26. The Labute approximate surface area is 93.2 Å². The SMILES string of the molecule is O=CC1CCC(c2ccc(F)cc2Cl)C1. The summed E-state index contributed by atoms with van der Waals surface area (Å²) in [6.45, 7) is 0. The Morgan fingerprint density at radius 1 is 1.40 bits per heavy atom. The number of benzene rings is 1. The van der Waals surface area contributed by atoms with Gasteiger partial charge in [0.2, 0.25) is 0 Å². The number of carbonyl (C=O) groups is 1. The molecule has 15 heavy (non-hydrogen) atoms. The van der Waals surface area contributed by atoms with Gasteiger partial charge in [0.15, 0.2) is 0 Å². The average Bonchev–Trinajstić information content (AvgIpc) is 2.66. The van der Waals surface area contributed by atoms with Crippen LogP contribution in [0.15, 0.2) is 18.2 Å². The zero-order valence-corrected chi connectivity index (χ0v) is 9.01. The molecule has 1 aliphatic rings. The number of rotatable bonds is 2. The van der Waals surface area contributed by atoms with Gasteiger partial charge in [0.1, 0.15) is 12.1 Å². The third-order valence-electron chi connectivity index (χ3n) is 3.07. The molecule has 3 heteroatoms. The maximum Gasteiger partial charge on any atom is 0.124 e. The van der Waals surface area contributed by atoms with Gasteiger partial charge in [0.25, 0.3) is 0 Å². The highest BCUT2D eigenvalue weighted by Gasteiger charge is 2.26. The van der Waals surface area contributed by atoms with Crippen LogP contribution in [0.2, 0.25) is 5.02 Å². The van der Waals surface area contributed by atoms with E-state index in [0.717, 1.165) is 31.1 Å². The van der Waals surface area contributed by atoms with Gasteiger partial charge in [-0.15, -0.1) is 0 Å². The van der Waals surface area contributed by atoms with Crippen molar-refractivity contribution in [2.45, 2.75) is 25.2 Å². The molecule has 1 aliphatic carbocycles. The lowest BCUT2D eigenvalue weighted by Crippen LogP contribution is -1.97. The van der Waals surface area contributed by atoms with Crippen LogP contribution in [0.4, 0.5) is 4.39 Å². The molecule has 0 saturated heterocycles. The van der Waals surface area contributed by atoms with E-state index < -0.39 is 0 Å². The number of hydrogen-bond donors (Lipinski definition) is 0. The van der Waals surface area contributed by atoms with E-state index in [1.165, 1.54) is 12.1 Å². The molecular weight excluding hydrogens is 215 g/mol. The second-order valence-corrected chi connectivity index (χ2v) is 4.48. The van der Waals surface area contributed by atoms with E-state index in [1.54, 1.807) is 6.07 Å². The molecular formula is C12H12ClFO. The number of hydrogen-bond acceptors (Lipinski definition) is 1. The topological polar surface area (TPSA) is 17.1 Å². The van der Waals surface area contributed by atoms with E-state index in [2.05, 4.69) is 0 Å². The summed E-state index contributed by atoms with van der Waals surface area (Å²) in [6, 6.07) is 4.50. The zero-order chi connectivity index (χ0) is 10.8. The minimum absolute atomic E-state index is 0.149. The van der Waals surface area contributed by atoms with Gasteiger partial charge >= 0.3 is 0 Å². The van der Waals surface area contributed by atoms with Gasteiger partial charge in [0, 0.05) is 10.9 Å². The van der Waals surface area contributed by atoms with Crippen molar-refractivity contribution in [2.24, 2.45) is 5.92 Å². The minimum atomic E-state index is -0.311. The molecule has 1 aromatic rings. The summed E-state index contributed by atoms with van der Waals surface area (Å²) in [7, 11) is 0. The Hall–Kier alpha value is -0.890. The molecule has 0 bridgehead atoms. The summed E-state index contributed by atoms with van der Waals surface area (Å²) < 4.78 is 12.8. The first-order chi connectivity index (χ1) is 7.20. The van der Waals surface area contributed by atoms with Crippen LogP contribution in [-0.4, -0.2) is 6.29 Å². The summed E-state index contributed by atoms with van der Waals surface area (Å²) in [6.07, 6.45) is 3.74. The van der Waals surface area contributed by atoms with Gasteiger partial charge < -0.3 is 4.79 Å². The molecule has 0 heterocycles. The Bertz CT molecular complexity index is 378. The molecule has 2 rings (SSSR count). The fraction of sp³-hybridized carbons (Fsp3) is 0.417. The van der Waals surface area contributed by atoms with Crippen LogP contribution in [-0.2, 0) is 4.79 Å². The van der Waals surface area contributed by atoms with Crippen molar-refractivity contribution in [3.8, 4) is 0 Å². The largest absolute Gasteiger partial charge is 0.303 e. The predicted molar refractivity (Wildman–Crippen MR) is 57.6 cm³/mol. The van der Waals surface area contributed by atoms with Crippen LogP contribution >= 0.6 is 11.6 Å². The summed E-state index contributed by atoms with van der Waals surface area (Å²) in [4.78, 5) is 10.6. The van der Waals surface area contributed by atoms with Crippen molar-refractivity contribution in [1.29, 1.82) is 0 Å². The van der Waals surface area contributed by atoms with Gasteiger partial charge in [0.05, 0.1) is 0 Å². The Balaban J connectivity index is 2.20. The van der Waals surface area contributed by atoms with E-state index in [4.69, 9.17) is 11.6 Å². The van der Waals surface area contributed by atoms with Crippen LogP contribution < -0.4 is 0 Å². The van der Waals surface area contributed by atoms with E-state index >= 15 is 0 Å². The third kappa shape index (κ3) is 2.20. The maximum atomic E-state index is 12.8. The smallest absolute Gasteiger partial charge is 0.124 e. The second-order valence-electron chi connectivity index (χ2n) is 4.07. The van der Waals surface area contributed by atoms with Gasteiger partial charge in [-0.25, -0.2) is 4.39 Å². The molecule has 0 aliphatic heterocycles. The van der Waals surface area contributed by atoms with Crippen molar-refractivity contribution in [3.05, 3.63) is 34.6 Å². The highest BCUT2D eigenvalue weighted by Crippen LogP contribution is 2.40. The monoisotopic (exact) mass is 226 g/mol. The Kier molecular flexibility index (Phi) is 3.06. The molecule has 2 unspecified atom stereocenters. The first-order valence-corrected chi connectivity index (χ1v) is 5.48.